The summed E-state index contributed by atoms with van der Waals surface area (Å²) in [6, 6.07) is 0. The Hall–Kier alpha value is -0.650. The lowest BCUT2D eigenvalue weighted by Gasteiger charge is -2.17. The molecule has 0 bridgehead atoms. The first-order valence-corrected chi connectivity index (χ1v) is 6.56. The van der Waals surface area contributed by atoms with Crippen molar-refractivity contribution < 1.29 is 4.74 Å². The molecule has 0 unspecified atom stereocenters. The molecule has 1 fully saturated rings. The fraction of sp³-hybridized carbons (Fsp3) is 0.727. The van der Waals surface area contributed by atoms with Gasteiger partial charge in [-0.25, -0.2) is 4.98 Å². The predicted molar refractivity (Wildman–Crippen MR) is 67.3 cm³/mol. The van der Waals surface area contributed by atoms with E-state index >= 15 is 0 Å². The van der Waals surface area contributed by atoms with Crippen molar-refractivity contribution in [3.8, 4) is 0 Å². The van der Waals surface area contributed by atoms with Gasteiger partial charge in [0.2, 0.25) is 0 Å². The Bertz CT molecular complexity index is 332. The van der Waals surface area contributed by atoms with Gasteiger partial charge in [-0.15, -0.1) is 11.3 Å². The van der Waals surface area contributed by atoms with Crippen LogP contribution in [0.15, 0.2) is 0 Å². The molecule has 2 rings (SSSR count). The van der Waals surface area contributed by atoms with Gasteiger partial charge in [0.05, 0.1) is 12.3 Å². The van der Waals surface area contributed by atoms with Crippen LogP contribution in [-0.4, -0.2) is 38.3 Å². The molecule has 1 aromatic heterocycles. The number of aryl methyl sites for hydroxylation is 1. The van der Waals surface area contributed by atoms with Gasteiger partial charge in [-0.05, 0) is 20.4 Å². The third-order valence-corrected chi connectivity index (χ3v) is 3.93. The molecular formula is C11H19N3OS. The summed E-state index contributed by atoms with van der Waals surface area (Å²) >= 11 is 1.80. The summed E-state index contributed by atoms with van der Waals surface area (Å²) in [5.41, 5.74) is 1.15. The Morgan fingerprint density at radius 2 is 2.31 bits per heavy atom. The fourth-order valence-corrected chi connectivity index (χ4v) is 2.93. The summed E-state index contributed by atoms with van der Waals surface area (Å²) in [5.74, 6) is 0. The summed E-state index contributed by atoms with van der Waals surface area (Å²) < 4.78 is 5.45. The van der Waals surface area contributed by atoms with Crippen molar-refractivity contribution in [2.45, 2.75) is 19.9 Å². The number of hydrogen-bond acceptors (Lipinski definition) is 5. The summed E-state index contributed by atoms with van der Waals surface area (Å²) in [6.45, 7) is 6.72. The minimum atomic E-state index is 0.819. The molecule has 2 heterocycles. The molecule has 0 aromatic carbocycles. The topological polar surface area (TPSA) is 37.4 Å². The Morgan fingerprint density at radius 1 is 1.44 bits per heavy atom. The summed E-state index contributed by atoms with van der Waals surface area (Å²) in [7, 11) is 1.97. The number of nitrogens with zero attached hydrogens (tertiary/aromatic N) is 2. The van der Waals surface area contributed by atoms with Crippen LogP contribution in [0.4, 0.5) is 5.13 Å². The van der Waals surface area contributed by atoms with Gasteiger partial charge in [-0.3, -0.25) is 0 Å². The van der Waals surface area contributed by atoms with Crippen molar-refractivity contribution in [2.75, 3.05) is 38.3 Å². The molecule has 90 valence electrons. The first-order valence-electron chi connectivity index (χ1n) is 5.75. The van der Waals surface area contributed by atoms with Crippen LogP contribution in [0.1, 0.15) is 17.0 Å². The van der Waals surface area contributed by atoms with Crippen LogP contribution in [0, 0.1) is 6.92 Å². The standard InChI is InChI=1S/C11H19N3OS/c1-9-10(8-12-2)16-11(13-9)14-4-3-6-15-7-5-14/h12H,3-8H2,1-2H3. The molecule has 0 amide bonds. The van der Waals surface area contributed by atoms with Crippen LogP contribution >= 0.6 is 11.3 Å². The molecule has 0 saturated carbocycles. The molecule has 1 N–H and O–H groups in total. The minimum absolute atomic E-state index is 0.819. The first-order chi connectivity index (χ1) is 7.81. The van der Waals surface area contributed by atoms with E-state index in [1.807, 2.05) is 7.05 Å². The number of thiazole rings is 1. The van der Waals surface area contributed by atoms with E-state index in [-0.39, 0.29) is 0 Å². The lowest BCUT2D eigenvalue weighted by Crippen LogP contribution is -2.25. The second-order valence-electron chi connectivity index (χ2n) is 3.99. The van der Waals surface area contributed by atoms with Gasteiger partial charge < -0.3 is 15.0 Å². The lowest BCUT2D eigenvalue weighted by atomic mass is 10.4. The van der Waals surface area contributed by atoms with E-state index in [1.165, 1.54) is 4.88 Å². The summed E-state index contributed by atoms with van der Waals surface area (Å²) in [4.78, 5) is 8.32. The van der Waals surface area contributed by atoms with Crippen LogP contribution < -0.4 is 10.2 Å². The second kappa shape index (κ2) is 5.61. The third kappa shape index (κ3) is 2.72. The molecule has 5 heteroatoms. The van der Waals surface area contributed by atoms with Crippen LogP contribution in [0.2, 0.25) is 0 Å². The van der Waals surface area contributed by atoms with E-state index in [0.717, 1.165) is 50.1 Å². The second-order valence-corrected chi connectivity index (χ2v) is 5.05. The van der Waals surface area contributed by atoms with Gasteiger partial charge in [0.25, 0.3) is 0 Å². The van der Waals surface area contributed by atoms with E-state index in [2.05, 4.69) is 22.1 Å². The number of anilines is 1. The van der Waals surface area contributed by atoms with Crippen molar-refractivity contribution in [3.05, 3.63) is 10.6 Å². The highest BCUT2D eigenvalue weighted by Crippen LogP contribution is 2.26. The van der Waals surface area contributed by atoms with Gasteiger partial charge >= 0.3 is 0 Å². The monoisotopic (exact) mass is 241 g/mol. The maximum absolute atomic E-state index is 5.45. The number of hydrogen-bond donors (Lipinski definition) is 1. The SMILES string of the molecule is CNCc1sc(N2CCCOCC2)nc1C. The minimum Gasteiger partial charge on any atom is -0.380 e. The van der Waals surface area contributed by atoms with Gasteiger partial charge in [0.1, 0.15) is 0 Å². The Balaban J connectivity index is 2.09. The van der Waals surface area contributed by atoms with Crippen LogP contribution in [0.3, 0.4) is 0 Å². The Kier molecular flexibility index (Phi) is 4.15. The van der Waals surface area contributed by atoms with Crippen molar-refractivity contribution in [3.63, 3.8) is 0 Å². The van der Waals surface area contributed by atoms with Crippen molar-refractivity contribution in [1.29, 1.82) is 0 Å². The zero-order chi connectivity index (χ0) is 11.4. The predicted octanol–water partition coefficient (Wildman–Crippen LogP) is 1.40. The number of nitrogens with one attached hydrogen (secondary N) is 1. The van der Waals surface area contributed by atoms with E-state index in [0.29, 0.717) is 0 Å². The third-order valence-electron chi connectivity index (χ3n) is 2.71. The quantitative estimate of drug-likeness (QED) is 0.868. The van der Waals surface area contributed by atoms with Gasteiger partial charge in [-0.2, -0.15) is 0 Å². The molecule has 1 aliphatic heterocycles. The number of aromatic nitrogens is 1. The fourth-order valence-electron chi connectivity index (χ4n) is 1.81. The van der Waals surface area contributed by atoms with Crippen LogP contribution in [0.25, 0.3) is 0 Å². The first kappa shape index (κ1) is 11.8. The average Bonchev–Trinajstić information content (AvgIpc) is 2.54. The highest BCUT2D eigenvalue weighted by molar-refractivity contribution is 7.15. The molecule has 0 spiro atoms. The van der Waals surface area contributed by atoms with E-state index in [1.54, 1.807) is 11.3 Å². The maximum Gasteiger partial charge on any atom is 0.185 e. The molecule has 1 aromatic rings. The zero-order valence-corrected chi connectivity index (χ0v) is 10.8. The Labute approximate surface area is 101 Å². The normalized spacial score (nSPS) is 17.5. The lowest BCUT2D eigenvalue weighted by molar-refractivity contribution is 0.152. The molecule has 4 nitrogen and oxygen atoms in total. The van der Waals surface area contributed by atoms with E-state index in [9.17, 15) is 0 Å². The maximum atomic E-state index is 5.45. The molecule has 0 radical (unpaired) electrons. The largest absolute Gasteiger partial charge is 0.380 e. The molecule has 1 saturated heterocycles. The molecular weight excluding hydrogens is 222 g/mol. The van der Waals surface area contributed by atoms with Crippen molar-refractivity contribution in [2.24, 2.45) is 0 Å². The van der Waals surface area contributed by atoms with Gasteiger partial charge in [-0.1, -0.05) is 0 Å². The zero-order valence-electron chi connectivity index (χ0n) is 9.95. The molecule has 1 aliphatic rings. The Morgan fingerprint density at radius 3 is 3.12 bits per heavy atom. The van der Waals surface area contributed by atoms with Crippen LogP contribution in [-0.2, 0) is 11.3 Å². The average molecular weight is 241 g/mol. The summed E-state index contributed by atoms with van der Waals surface area (Å²) in [5, 5.41) is 4.33. The van der Waals surface area contributed by atoms with Crippen molar-refractivity contribution in [1.82, 2.24) is 10.3 Å². The van der Waals surface area contributed by atoms with Crippen molar-refractivity contribution >= 4 is 16.5 Å². The van der Waals surface area contributed by atoms with Crippen LogP contribution in [0.5, 0.6) is 0 Å². The number of rotatable bonds is 3. The van der Waals surface area contributed by atoms with E-state index < -0.39 is 0 Å². The summed E-state index contributed by atoms with van der Waals surface area (Å²) in [6.07, 6.45) is 1.10. The number of ether oxygens (including phenoxy) is 1. The smallest absolute Gasteiger partial charge is 0.185 e. The van der Waals surface area contributed by atoms with Gasteiger partial charge in [0.15, 0.2) is 5.13 Å². The molecule has 0 aliphatic carbocycles. The molecule has 0 atom stereocenters. The highest BCUT2D eigenvalue weighted by atomic mass is 32.1. The van der Waals surface area contributed by atoms with Gasteiger partial charge in [0, 0.05) is 31.1 Å². The van der Waals surface area contributed by atoms with E-state index in [4.69, 9.17) is 4.74 Å². The molecule has 16 heavy (non-hydrogen) atoms. The highest BCUT2D eigenvalue weighted by Gasteiger charge is 2.15.